The molecule has 1 aromatic heterocycles. The molecule has 0 amide bonds. The van der Waals surface area contributed by atoms with Gasteiger partial charge in [0.1, 0.15) is 5.15 Å². The fourth-order valence-electron chi connectivity index (χ4n) is 1.82. The number of nitrogens with one attached hydrogen (secondary N) is 1. The first-order valence-electron chi connectivity index (χ1n) is 5.82. The number of pyridine rings is 1. The van der Waals surface area contributed by atoms with Crippen LogP contribution in [-0.2, 0) is 0 Å². The Morgan fingerprint density at radius 2 is 1.74 bits per heavy atom. The van der Waals surface area contributed by atoms with E-state index in [4.69, 9.17) is 34.8 Å². The van der Waals surface area contributed by atoms with Crippen LogP contribution in [0, 0.1) is 6.92 Å². The van der Waals surface area contributed by atoms with Gasteiger partial charge in [-0.2, -0.15) is 0 Å². The Kier molecular flexibility index (Phi) is 4.56. The van der Waals surface area contributed by atoms with E-state index in [9.17, 15) is 0 Å². The van der Waals surface area contributed by atoms with Crippen LogP contribution < -0.4 is 5.32 Å². The number of benzene rings is 1. The summed E-state index contributed by atoms with van der Waals surface area (Å²) in [5.74, 6) is 0. The maximum absolute atomic E-state index is 6.11. The Morgan fingerprint density at radius 3 is 2.32 bits per heavy atom. The fraction of sp³-hybridized carbons (Fsp3) is 0.214. The third kappa shape index (κ3) is 3.53. The van der Waals surface area contributed by atoms with E-state index >= 15 is 0 Å². The average molecular weight is 316 g/mol. The highest BCUT2D eigenvalue weighted by Crippen LogP contribution is 2.30. The number of rotatable bonds is 3. The number of nitrogens with zero attached hydrogens (tertiary/aromatic N) is 1. The van der Waals surface area contributed by atoms with Crippen LogP contribution in [0.2, 0.25) is 15.3 Å². The molecule has 19 heavy (non-hydrogen) atoms. The molecule has 1 aromatic carbocycles. The summed E-state index contributed by atoms with van der Waals surface area (Å²) in [4.78, 5) is 4.04. The smallest absolute Gasteiger partial charge is 0.154 e. The van der Waals surface area contributed by atoms with E-state index in [1.165, 1.54) is 0 Å². The Labute approximate surface area is 127 Å². The van der Waals surface area contributed by atoms with Crippen molar-refractivity contribution in [2.24, 2.45) is 0 Å². The Balaban J connectivity index is 2.24. The highest BCUT2D eigenvalue weighted by atomic mass is 35.5. The molecule has 2 rings (SSSR count). The van der Waals surface area contributed by atoms with Gasteiger partial charge in [-0.1, -0.05) is 46.9 Å². The molecule has 0 aliphatic heterocycles. The minimum Gasteiger partial charge on any atom is -0.376 e. The quantitative estimate of drug-likeness (QED) is 0.754. The lowest BCUT2D eigenvalue weighted by Gasteiger charge is -2.18. The molecule has 0 saturated carbocycles. The lowest BCUT2D eigenvalue weighted by atomic mass is 10.1. The summed E-state index contributed by atoms with van der Waals surface area (Å²) in [7, 11) is 0. The van der Waals surface area contributed by atoms with Gasteiger partial charge in [-0.3, -0.25) is 0 Å². The topological polar surface area (TPSA) is 24.9 Å². The zero-order valence-corrected chi connectivity index (χ0v) is 12.8. The zero-order valence-electron chi connectivity index (χ0n) is 10.5. The second-order valence-corrected chi connectivity index (χ2v) is 5.53. The average Bonchev–Trinajstić information content (AvgIpc) is 2.34. The summed E-state index contributed by atoms with van der Waals surface area (Å²) in [6.07, 6.45) is 0. The van der Waals surface area contributed by atoms with Crippen molar-refractivity contribution in [2.45, 2.75) is 19.9 Å². The number of hydrogen-bond acceptors (Lipinski definition) is 2. The van der Waals surface area contributed by atoms with Crippen molar-refractivity contribution in [3.05, 3.63) is 56.8 Å². The first kappa shape index (κ1) is 14.4. The van der Waals surface area contributed by atoms with Gasteiger partial charge in [0.2, 0.25) is 0 Å². The number of anilines is 1. The van der Waals surface area contributed by atoms with Crippen LogP contribution >= 0.6 is 34.8 Å². The summed E-state index contributed by atoms with van der Waals surface area (Å²) in [6, 6.07) is 9.56. The second kappa shape index (κ2) is 6.00. The Bertz CT molecular complexity index is 559. The van der Waals surface area contributed by atoms with Gasteiger partial charge < -0.3 is 5.32 Å². The van der Waals surface area contributed by atoms with Crippen molar-refractivity contribution < 1.29 is 0 Å². The number of hydrogen-bond donors (Lipinski definition) is 1. The lowest BCUT2D eigenvalue weighted by molar-refractivity contribution is 0.880. The maximum atomic E-state index is 6.11. The van der Waals surface area contributed by atoms with Gasteiger partial charge in [0.05, 0.1) is 5.69 Å². The van der Waals surface area contributed by atoms with Crippen molar-refractivity contribution in [1.82, 2.24) is 4.98 Å². The largest absolute Gasteiger partial charge is 0.376 e. The summed E-state index contributed by atoms with van der Waals surface area (Å²) in [5.41, 5.74) is 2.88. The van der Waals surface area contributed by atoms with E-state index in [0.717, 1.165) is 21.8 Å². The van der Waals surface area contributed by atoms with Crippen molar-refractivity contribution in [3.63, 3.8) is 0 Å². The molecule has 0 saturated heterocycles. The maximum Gasteiger partial charge on any atom is 0.154 e. The third-order valence-corrected chi connectivity index (χ3v) is 3.59. The molecule has 5 heteroatoms. The molecule has 0 aliphatic rings. The minimum absolute atomic E-state index is 0.0939. The molecule has 0 aliphatic carbocycles. The highest BCUT2D eigenvalue weighted by Gasteiger charge is 2.11. The predicted molar refractivity (Wildman–Crippen MR) is 82.5 cm³/mol. The number of aromatic nitrogens is 1. The molecule has 1 N–H and O–H groups in total. The van der Waals surface area contributed by atoms with E-state index in [2.05, 4.69) is 10.3 Å². The van der Waals surface area contributed by atoms with Crippen LogP contribution in [0.4, 0.5) is 5.69 Å². The predicted octanol–water partition coefficient (Wildman–Crippen LogP) is 5.52. The van der Waals surface area contributed by atoms with Crippen molar-refractivity contribution >= 4 is 40.5 Å². The fourth-order valence-corrected chi connectivity index (χ4v) is 2.53. The zero-order chi connectivity index (χ0) is 14.0. The van der Waals surface area contributed by atoms with E-state index in [0.29, 0.717) is 10.3 Å². The molecule has 0 bridgehead atoms. The van der Waals surface area contributed by atoms with Gasteiger partial charge in [0.15, 0.2) is 5.15 Å². The van der Waals surface area contributed by atoms with Crippen LogP contribution in [0.5, 0.6) is 0 Å². The molecule has 0 fully saturated rings. The molecule has 0 spiro atoms. The molecule has 100 valence electrons. The monoisotopic (exact) mass is 314 g/mol. The Morgan fingerprint density at radius 1 is 1.11 bits per heavy atom. The van der Waals surface area contributed by atoms with Crippen LogP contribution in [0.3, 0.4) is 0 Å². The minimum atomic E-state index is 0.0939. The van der Waals surface area contributed by atoms with Crippen LogP contribution in [0.15, 0.2) is 30.3 Å². The molecule has 1 heterocycles. The third-order valence-electron chi connectivity index (χ3n) is 2.87. The Hall–Kier alpha value is -0.960. The second-order valence-electron chi connectivity index (χ2n) is 4.35. The van der Waals surface area contributed by atoms with Gasteiger partial charge in [0.25, 0.3) is 0 Å². The normalized spacial score (nSPS) is 12.3. The van der Waals surface area contributed by atoms with E-state index in [1.807, 2.05) is 38.1 Å². The van der Waals surface area contributed by atoms with Crippen LogP contribution in [-0.4, -0.2) is 4.98 Å². The molecule has 2 aromatic rings. The van der Waals surface area contributed by atoms with Crippen LogP contribution in [0.1, 0.15) is 24.1 Å². The molecular formula is C14H13Cl3N2. The van der Waals surface area contributed by atoms with Crippen molar-refractivity contribution in [1.29, 1.82) is 0 Å². The number of aryl methyl sites for hydroxylation is 1. The standard InChI is InChI=1S/C14H13Cl3N2/c1-8-7-12(16)19-14(17)13(8)18-9(2)10-3-5-11(15)6-4-10/h3-7,9,18H,1-2H3. The SMILES string of the molecule is Cc1cc(Cl)nc(Cl)c1NC(C)c1ccc(Cl)cc1. The molecular weight excluding hydrogens is 303 g/mol. The van der Waals surface area contributed by atoms with E-state index in [1.54, 1.807) is 6.07 Å². The lowest BCUT2D eigenvalue weighted by Crippen LogP contribution is -2.08. The first-order chi connectivity index (χ1) is 8.97. The van der Waals surface area contributed by atoms with Gasteiger partial charge in [-0.05, 0) is 43.2 Å². The van der Waals surface area contributed by atoms with Gasteiger partial charge in [0, 0.05) is 11.1 Å². The molecule has 2 nitrogen and oxygen atoms in total. The first-order valence-corrected chi connectivity index (χ1v) is 6.95. The number of halogens is 3. The van der Waals surface area contributed by atoms with Crippen molar-refractivity contribution in [3.8, 4) is 0 Å². The molecule has 1 unspecified atom stereocenters. The van der Waals surface area contributed by atoms with Gasteiger partial charge >= 0.3 is 0 Å². The van der Waals surface area contributed by atoms with Gasteiger partial charge in [-0.25, -0.2) is 4.98 Å². The van der Waals surface area contributed by atoms with E-state index < -0.39 is 0 Å². The van der Waals surface area contributed by atoms with E-state index in [-0.39, 0.29) is 6.04 Å². The summed E-state index contributed by atoms with van der Waals surface area (Å²) >= 11 is 17.8. The van der Waals surface area contributed by atoms with Crippen LogP contribution in [0.25, 0.3) is 0 Å². The summed E-state index contributed by atoms with van der Waals surface area (Å²) in [5, 5.41) is 4.84. The molecule has 1 atom stereocenters. The molecule has 0 radical (unpaired) electrons. The highest BCUT2D eigenvalue weighted by molar-refractivity contribution is 6.34. The summed E-state index contributed by atoms with van der Waals surface area (Å²) in [6.45, 7) is 3.99. The van der Waals surface area contributed by atoms with Gasteiger partial charge in [-0.15, -0.1) is 0 Å². The van der Waals surface area contributed by atoms with Crippen molar-refractivity contribution in [2.75, 3.05) is 5.32 Å². The summed E-state index contributed by atoms with van der Waals surface area (Å²) < 4.78 is 0.